The molecule has 0 aliphatic heterocycles. The molecule has 2 aromatic heterocycles. The first-order valence-electron chi connectivity index (χ1n) is 8.18. The summed E-state index contributed by atoms with van der Waals surface area (Å²) in [7, 11) is 1.65. The molecule has 0 unspecified atom stereocenters. The zero-order valence-electron chi connectivity index (χ0n) is 14.2. The molecule has 0 fully saturated rings. The Balaban J connectivity index is 1.57. The van der Waals surface area contributed by atoms with Crippen molar-refractivity contribution < 1.29 is 9.53 Å². The van der Waals surface area contributed by atoms with Gasteiger partial charge in [0.1, 0.15) is 5.75 Å². The lowest BCUT2D eigenvalue weighted by molar-refractivity contribution is -0.115. The van der Waals surface area contributed by atoms with E-state index in [9.17, 15) is 4.79 Å². The van der Waals surface area contributed by atoms with Crippen molar-refractivity contribution >= 4 is 27.9 Å². The number of thiazole rings is 1. The number of imidazole rings is 1. The number of carbonyl (C=O) groups is 1. The van der Waals surface area contributed by atoms with Crippen LogP contribution in [-0.4, -0.2) is 22.4 Å². The largest absolute Gasteiger partial charge is 0.497 e. The molecule has 2 heterocycles. The Morgan fingerprint density at radius 1 is 1.19 bits per heavy atom. The van der Waals surface area contributed by atoms with Crippen LogP contribution in [0.5, 0.6) is 5.75 Å². The third-order valence-corrected chi connectivity index (χ3v) is 4.94. The van der Waals surface area contributed by atoms with Crippen molar-refractivity contribution in [3.05, 3.63) is 71.9 Å². The molecule has 5 nitrogen and oxygen atoms in total. The second kappa shape index (κ2) is 7.01. The van der Waals surface area contributed by atoms with Crippen LogP contribution in [0.1, 0.15) is 5.69 Å². The average molecular weight is 363 g/mol. The van der Waals surface area contributed by atoms with Gasteiger partial charge in [-0.1, -0.05) is 30.3 Å². The van der Waals surface area contributed by atoms with Crippen molar-refractivity contribution in [1.82, 2.24) is 9.38 Å². The van der Waals surface area contributed by atoms with Crippen molar-refractivity contribution in [1.29, 1.82) is 0 Å². The van der Waals surface area contributed by atoms with Crippen LogP contribution in [0.25, 0.3) is 16.2 Å². The number of ether oxygens (including phenoxy) is 1. The van der Waals surface area contributed by atoms with Crippen LogP contribution in [0.15, 0.2) is 66.2 Å². The quantitative estimate of drug-likeness (QED) is 0.577. The van der Waals surface area contributed by atoms with Gasteiger partial charge in [-0.2, -0.15) is 0 Å². The molecule has 0 aliphatic rings. The van der Waals surface area contributed by atoms with Crippen molar-refractivity contribution in [3.8, 4) is 17.0 Å². The summed E-state index contributed by atoms with van der Waals surface area (Å²) in [6.45, 7) is 0. The zero-order chi connectivity index (χ0) is 17.9. The number of amides is 1. The van der Waals surface area contributed by atoms with Crippen LogP contribution in [0.4, 0.5) is 5.69 Å². The summed E-state index contributed by atoms with van der Waals surface area (Å²) in [4.78, 5) is 17.9. The standard InChI is InChI=1S/C20H17N3O2S/c1-25-17-9-5-6-14(10-17)18-12-23-16(13-26-20(23)22-18)11-19(24)21-15-7-3-2-4-8-15/h2-10,12-13H,11H2,1H3,(H,21,24). The zero-order valence-corrected chi connectivity index (χ0v) is 15.0. The van der Waals surface area contributed by atoms with Crippen molar-refractivity contribution in [2.75, 3.05) is 12.4 Å². The lowest BCUT2D eigenvalue weighted by Gasteiger charge is -2.04. The first-order chi connectivity index (χ1) is 12.7. The molecule has 1 amide bonds. The molecule has 130 valence electrons. The highest BCUT2D eigenvalue weighted by atomic mass is 32.1. The maximum absolute atomic E-state index is 12.3. The van der Waals surface area contributed by atoms with Gasteiger partial charge < -0.3 is 10.1 Å². The molecule has 0 saturated carbocycles. The molecule has 1 N–H and O–H groups in total. The van der Waals surface area contributed by atoms with E-state index in [-0.39, 0.29) is 5.91 Å². The van der Waals surface area contributed by atoms with Crippen molar-refractivity contribution in [2.45, 2.75) is 6.42 Å². The number of anilines is 1. The molecule has 0 aliphatic carbocycles. The fourth-order valence-electron chi connectivity index (χ4n) is 2.77. The summed E-state index contributed by atoms with van der Waals surface area (Å²) in [5, 5.41) is 4.89. The van der Waals surface area contributed by atoms with Crippen LogP contribution in [-0.2, 0) is 11.2 Å². The van der Waals surface area contributed by atoms with E-state index in [2.05, 4.69) is 10.3 Å². The number of hydrogen-bond acceptors (Lipinski definition) is 4. The summed E-state index contributed by atoms with van der Waals surface area (Å²) in [6.07, 6.45) is 2.26. The minimum absolute atomic E-state index is 0.0486. The monoisotopic (exact) mass is 363 g/mol. The Morgan fingerprint density at radius 2 is 2.04 bits per heavy atom. The fourth-order valence-corrected chi connectivity index (χ4v) is 3.64. The average Bonchev–Trinajstić information content (AvgIpc) is 3.25. The van der Waals surface area contributed by atoms with Gasteiger partial charge in [0.25, 0.3) is 0 Å². The van der Waals surface area contributed by atoms with E-state index in [1.54, 1.807) is 7.11 Å². The Bertz CT molecular complexity index is 1050. The highest BCUT2D eigenvalue weighted by molar-refractivity contribution is 7.15. The maximum atomic E-state index is 12.3. The van der Waals surface area contributed by atoms with E-state index >= 15 is 0 Å². The summed E-state index contributed by atoms with van der Waals surface area (Å²) < 4.78 is 7.26. The van der Waals surface area contributed by atoms with E-state index in [0.717, 1.165) is 33.3 Å². The number of nitrogens with one attached hydrogen (secondary N) is 1. The van der Waals surface area contributed by atoms with Gasteiger partial charge in [0.2, 0.25) is 5.91 Å². The van der Waals surface area contributed by atoms with Gasteiger partial charge in [0, 0.05) is 28.5 Å². The van der Waals surface area contributed by atoms with Crippen LogP contribution < -0.4 is 10.1 Å². The van der Waals surface area contributed by atoms with Gasteiger partial charge in [0.05, 0.1) is 19.2 Å². The number of aromatic nitrogens is 2. The highest BCUT2D eigenvalue weighted by Crippen LogP contribution is 2.26. The molecule has 2 aromatic carbocycles. The van der Waals surface area contributed by atoms with Crippen molar-refractivity contribution in [2.24, 2.45) is 0 Å². The number of benzene rings is 2. The minimum Gasteiger partial charge on any atom is -0.497 e. The number of methoxy groups -OCH3 is 1. The first kappa shape index (κ1) is 16.4. The summed E-state index contributed by atoms with van der Waals surface area (Å²) in [6, 6.07) is 17.3. The minimum atomic E-state index is -0.0486. The molecule has 4 rings (SSSR count). The fraction of sp³-hybridized carbons (Fsp3) is 0.100. The number of para-hydroxylation sites is 1. The lowest BCUT2D eigenvalue weighted by atomic mass is 10.1. The molecule has 4 aromatic rings. The predicted octanol–water partition coefficient (Wildman–Crippen LogP) is 4.25. The Kier molecular flexibility index (Phi) is 4.41. The summed E-state index contributed by atoms with van der Waals surface area (Å²) in [5.41, 5.74) is 3.56. The molecular weight excluding hydrogens is 346 g/mol. The Morgan fingerprint density at radius 3 is 2.85 bits per heavy atom. The van der Waals surface area contributed by atoms with E-state index in [4.69, 9.17) is 4.74 Å². The summed E-state index contributed by atoms with van der Waals surface area (Å²) >= 11 is 1.53. The van der Waals surface area contributed by atoms with Gasteiger partial charge in [-0.25, -0.2) is 4.98 Å². The predicted molar refractivity (Wildman–Crippen MR) is 104 cm³/mol. The van der Waals surface area contributed by atoms with Crippen molar-refractivity contribution in [3.63, 3.8) is 0 Å². The van der Waals surface area contributed by atoms with Crippen LogP contribution in [0.3, 0.4) is 0 Å². The van der Waals surface area contributed by atoms with E-state index < -0.39 is 0 Å². The third kappa shape index (κ3) is 3.32. The highest BCUT2D eigenvalue weighted by Gasteiger charge is 2.13. The van der Waals surface area contributed by atoms with Crippen LogP contribution >= 0.6 is 11.3 Å². The molecular formula is C20H17N3O2S. The number of carbonyl (C=O) groups excluding carboxylic acids is 1. The lowest BCUT2D eigenvalue weighted by Crippen LogP contribution is -2.15. The molecule has 0 radical (unpaired) electrons. The van der Waals surface area contributed by atoms with Gasteiger partial charge in [-0.15, -0.1) is 11.3 Å². The molecule has 0 atom stereocenters. The molecule has 26 heavy (non-hydrogen) atoms. The maximum Gasteiger partial charge on any atom is 0.230 e. The first-order valence-corrected chi connectivity index (χ1v) is 9.06. The second-order valence-electron chi connectivity index (χ2n) is 5.83. The smallest absolute Gasteiger partial charge is 0.230 e. The van der Waals surface area contributed by atoms with Gasteiger partial charge in [-0.05, 0) is 24.3 Å². The topological polar surface area (TPSA) is 55.6 Å². The Hall–Kier alpha value is -3.12. The van der Waals surface area contributed by atoms with Gasteiger partial charge in [0.15, 0.2) is 4.96 Å². The third-order valence-electron chi connectivity index (χ3n) is 4.05. The van der Waals surface area contributed by atoms with Gasteiger partial charge >= 0.3 is 0 Å². The molecule has 0 bridgehead atoms. The Labute approximate surface area is 154 Å². The van der Waals surface area contributed by atoms with E-state index in [1.807, 2.05) is 70.6 Å². The van der Waals surface area contributed by atoms with E-state index in [1.165, 1.54) is 11.3 Å². The number of nitrogens with zero attached hydrogens (tertiary/aromatic N) is 2. The second-order valence-corrected chi connectivity index (χ2v) is 6.67. The number of fused-ring (bicyclic) bond motifs is 1. The normalized spacial score (nSPS) is 10.8. The van der Waals surface area contributed by atoms with Crippen LogP contribution in [0.2, 0.25) is 0 Å². The van der Waals surface area contributed by atoms with Gasteiger partial charge in [-0.3, -0.25) is 9.20 Å². The van der Waals surface area contributed by atoms with Crippen LogP contribution in [0, 0.1) is 0 Å². The number of hydrogen-bond donors (Lipinski definition) is 1. The number of rotatable bonds is 5. The molecule has 6 heteroatoms. The SMILES string of the molecule is COc1cccc(-c2cn3c(CC(=O)Nc4ccccc4)csc3n2)c1. The summed E-state index contributed by atoms with van der Waals surface area (Å²) in [5.74, 6) is 0.744. The molecule has 0 spiro atoms. The van der Waals surface area contributed by atoms with E-state index in [0.29, 0.717) is 6.42 Å². The molecule has 0 saturated heterocycles.